The molecular formula is C16H36IN5O. The predicted molar refractivity (Wildman–Crippen MR) is 109 cm³/mol. The van der Waals surface area contributed by atoms with Crippen LogP contribution in [0.5, 0.6) is 0 Å². The monoisotopic (exact) mass is 441 g/mol. The molecule has 2 atom stereocenters. The van der Waals surface area contributed by atoms with Gasteiger partial charge in [-0.25, -0.2) is 0 Å². The van der Waals surface area contributed by atoms with Crippen molar-refractivity contribution in [3.05, 3.63) is 0 Å². The van der Waals surface area contributed by atoms with E-state index in [1.165, 1.54) is 32.7 Å². The van der Waals surface area contributed by atoms with Gasteiger partial charge in [0.15, 0.2) is 5.96 Å². The summed E-state index contributed by atoms with van der Waals surface area (Å²) >= 11 is 0. The highest BCUT2D eigenvalue weighted by Gasteiger charge is 2.17. The first-order valence-electron chi connectivity index (χ1n) is 8.49. The fraction of sp³-hybridized carbons (Fsp3) is 0.938. The molecule has 2 unspecified atom stereocenters. The van der Waals surface area contributed by atoms with Crippen molar-refractivity contribution in [2.45, 2.75) is 26.8 Å². The number of ether oxygens (including phenoxy) is 1. The van der Waals surface area contributed by atoms with Gasteiger partial charge in [0.1, 0.15) is 0 Å². The summed E-state index contributed by atoms with van der Waals surface area (Å²) in [5.74, 6) is 1.46. The smallest absolute Gasteiger partial charge is 0.191 e. The van der Waals surface area contributed by atoms with Gasteiger partial charge in [-0.3, -0.25) is 4.99 Å². The molecule has 0 amide bonds. The summed E-state index contributed by atoms with van der Waals surface area (Å²) in [6.07, 6.45) is 0. The molecule has 0 saturated carbocycles. The second-order valence-corrected chi connectivity index (χ2v) is 6.29. The molecule has 0 aliphatic carbocycles. The molecule has 2 N–H and O–H groups in total. The predicted octanol–water partition coefficient (Wildman–Crippen LogP) is 1.08. The van der Waals surface area contributed by atoms with E-state index in [2.05, 4.69) is 46.2 Å². The number of halogens is 1. The number of rotatable bonds is 8. The molecule has 0 spiro atoms. The van der Waals surface area contributed by atoms with E-state index < -0.39 is 0 Å². The van der Waals surface area contributed by atoms with Crippen LogP contribution in [-0.2, 0) is 4.74 Å². The van der Waals surface area contributed by atoms with Crippen molar-refractivity contribution in [3.8, 4) is 0 Å². The zero-order valence-corrected chi connectivity index (χ0v) is 17.8. The minimum atomic E-state index is 0. The summed E-state index contributed by atoms with van der Waals surface area (Å²) in [5, 5.41) is 6.75. The number of piperazine rings is 1. The van der Waals surface area contributed by atoms with Crippen LogP contribution in [0.3, 0.4) is 0 Å². The molecule has 0 radical (unpaired) electrons. The fourth-order valence-electron chi connectivity index (χ4n) is 2.78. The third-order valence-corrected chi connectivity index (χ3v) is 4.12. The number of nitrogens with zero attached hydrogens (tertiary/aromatic N) is 3. The number of hydrogen-bond acceptors (Lipinski definition) is 4. The summed E-state index contributed by atoms with van der Waals surface area (Å²) in [5.41, 5.74) is 0. The largest absolute Gasteiger partial charge is 0.383 e. The Balaban J connectivity index is 0.00000484. The Bertz CT molecular complexity index is 322. The standard InChI is InChI=1S/C16H35N5O.HI/c1-6-20-7-9-21(10-8-20)12-14(2)11-18-16(17-4)19-15(3)13-22-5;/h14-15H,6-13H2,1-5H3,(H2,17,18,19);1H. The Labute approximate surface area is 159 Å². The molecule has 0 aromatic heterocycles. The molecule has 0 bridgehead atoms. The maximum absolute atomic E-state index is 5.14. The van der Waals surface area contributed by atoms with Gasteiger partial charge < -0.3 is 25.2 Å². The average Bonchev–Trinajstić information content (AvgIpc) is 2.52. The number of aliphatic imine (C=N–C) groups is 1. The zero-order chi connectivity index (χ0) is 16.4. The van der Waals surface area contributed by atoms with Gasteiger partial charge in [0.25, 0.3) is 0 Å². The van der Waals surface area contributed by atoms with Gasteiger partial charge in [-0.15, -0.1) is 24.0 Å². The molecule has 7 heteroatoms. The maximum Gasteiger partial charge on any atom is 0.191 e. The SMILES string of the molecule is CCN1CCN(CC(C)CNC(=NC)NC(C)COC)CC1.I. The summed E-state index contributed by atoms with van der Waals surface area (Å²) in [6, 6.07) is 0.258. The van der Waals surface area contributed by atoms with Gasteiger partial charge in [-0.2, -0.15) is 0 Å². The van der Waals surface area contributed by atoms with Gasteiger partial charge in [-0.05, 0) is 19.4 Å². The van der Waals surface area contributed by atoms with Gasteiger partial charge in [0.2, 0.25) is 0 Å². The van der Waals surface area contributed by atoms with E-state index in [9.17, 15) is 0 Å². The Morgan fingerprint density at radius 3 is 2.30 bits per heavy atom. The number of likely N-dealkylation sites (N-methyl/N-ethyl adjacent to an activating group) is 1. The second kappa shape index (κ2) is 13.2. The van der Waals surface area contributed by atoms with E-state index in [1.807, 2.05) is 7.05 Å². The molecule has 0 aromatic carbocycles. The van der Waals surface area contributed by atoms with Crippen molar-refractivity contribution >= 4 is 29.9 Å². The third-order valence-electron chi connectivity index (χ3n) is 4.12. The first kappa shape index (κ1) is 22.9. The lowest BCUT2D eigenvalue weighted by atomic mass is 10.1. The number of guanidine groups is 1. The molecule has 1 rings (SSSR count). The van der Waals surface area contributed by atoms with Crippen LogP contribution in [0.2, 0.25) is 0 Å². The first-order valence-corrected chi connectivity index (χ1v) is 8.49. The summed E-state index contributed by atoms with van der Waals surface area (Å²) < 4.78 is 5.14. The quantitative estimate of drug-likeness (QED) is 0.336. The summed E-state index contributed by atoms with van der Waals surface area (Å²) in [6.45, 7) is 15.4. The van der Waals surface area contributed by atoms with E-state index in [0.717, 1.165) is 19.0 Å². The van der Waals surface area contributed by atoms with Crippen LogP contribution >= 0.6 is 24.0 Å². The van der Waals surface area contributed by atoms with Crippen LogP contribution in [0.15, 0.2) is 4.99 Å². The van der Waals surface area contributed by atoms with Crippen LogP contribution in [0, 0.1) is 5.92 Å². The Morgan fingerprint density at radius 1 is 1.17 bits per heavy atom. The Kier molecular flexibility index (Phi) is 13.1. The topological polar surface area (TPSA) is 52.1 Å². The molecule has 1 fully saturated rings. The zero-order valence-electron chi connectivity index (χ0n) is 15.5. The summed E-state index contributed by atoms with van der Waals surface area (Å²) in [7, 11) is 3.53. The molecule has 138 valence electrons. The van der Waals surface area contributed by atoms with Crippen LogP contribution < -0.4 is 10.6 Å². The van der Waals surface area contributed by atoms with Crippen molar-refractivity contribution in [2.75, 3.05) is 66.6 Å². The van der Waals surface area contributed by atoms with Crippen molar-refractivity contribution < 1.29 is 4.74 Å². The van der Waals surface area contributed by atoms with E-state index in [0.29, 0.717) is 12.5 Å². The van der Waals surface area contributed by atoms with Crippen LogP contribution in [0.4, 0.5) is 0 Å². The highest BCUT2D eigenvalue weighted by atomic mass is 127. The number of hydrogen-bond donors (Lipinski definition) is 2. The fourth-order valence-corrected chi connectivity index (χ4v) is 2.78. The minimum Gasteiger partial charge on any atom is -0.383 e. The van der Waals surface area contributed by atoms with E-state index in [-0.39, 0.29) is 30.0 Å². The molecule has 23 heavy (non-hydrogen) atoms. The molecule has 1 aliphatic heterocycles. The highest BCUT2D eigenvalue weighted by molar-refractivity contribution is 14.0. The second-order valence-electron chi connectivity index (χ2n) is 6.29. The Hall–Kier alpha value is -0.120. The third kappa shape index (κ3) is 9.69. The van der Waals surface area contributed by atoms with Gasteiger partial charge in [0, 0.05) is 59.5 Å². The maximum atomic E-state index is 5.14. The molecule has 0 aromatic rings. The minimum absolute atomic E-state index is 0. The lowest BCUT2D eigenvalue weighted by Crippen LogP contribution is -2.49. The first-order chi connectivity index (χ1) is 10.6. The number of nitrogens with one attached hydrogen (secondary N) is 2. The van der Waals surface area contributed by atoms with Gasteiger partial charge >= 0.3 is 0 Å². The van der Waals surface area contributed by atoms with Crippen molar-refractivity contribution in [1.82, 2.24) is 20.4 Å². The highest BCUT2D eigenvalue weighted by Crippen LogP contribution is 2.05. The van der Waals surface area contributed by atoms with Crippen LogP contribution in [0.1, 0.15) is 20.8 Å². The molecule has 1 saturated heterocycles. The van der Waals surface area contributed by atoms with Crippen molar-refractivity contribution in [3.63, 3.8) is 0 Å². The molecule has 1 aliphatic rings. The summed E-state index contributed by atoms with van der Waals surface area (Å²) in [4.78, 5) is 9.36. The van der Waals surface area contributed by atoms with Crippen LogP contribution in [-0.4, -0.2) is 88.4 Å². The van der Waals surface area contributed by atoms with Gasteiger partial charge in [0.05, 0.1) is 6.61 Å². The number of methoxy groups -OCH3 is 1. The van der Waals surface area contributed by atoms with E-state index >= 15 is 0 Å². The molecule has 6 nitrogen and oxygen atoms in total. The normalized spacial score (nSPS) is 19.8. The van der Waals surface area contributed by atoms with Crippen LogP contribution in [0.25, 0.3) is 0 Å². The van der Waals surface area contributed by atoms with Crippen molar-refractivity contribution in [2.24, 2.45) is 10.9 Å². The molecular weight excluding hydrogens is 405 g/mol. The van der Waals surface area contributed by atoms with E-state index in [4.69, 9.17) is 4.74 Å². The lowest BCUT2D eigenvalue weighted by Gasteiger charge is -2.35. The molecule has 1 heterocycles. The Morgan fingerprint density at radius 2 is 1.78 bits per heavy atom. The van der Waals surface area contributed by atoms with E-state index in [1.54, 1.807) is 7.11 Å². The average molecular weight is 441 g/mol. The van der Waals surface area contributed by atoms with Gasteiger partial charge in [-0.1, -0.05) is 13.8 Å². The van der Waals surface area contributed by atoms with Crippen molar-refractivity contribution in [1.29, 1.82) is 0 Å². The lowest BCUT2D eigenvalue weighted by molar-refractivity contribution is 0.124.